The van der Waals surface area contributed by atoms with E-state index in [1.165, 1.54) is 16.6 Å². The van der Waals surface area contributed by atoms with E-state index in [0.717, 1.165) is 0 Å². The molecule has 0 fully saturated rings. The molecule has 3 rings (SSSR count). The molecule has 126 valence electrons. The van der Waals surface area contributed by atoms with Gasteiger partial charge in [-0.05, 0) is 31.4 Å². The summed E-state index contributed by atoms with van der Waals surface area (Å²) in [6.45, 7) is 7.45. The summed E-state index contributed by atoms with van der Waals surface area (Å²) in [5.41, 5.74) is 2.33. The average molecular weight is 326 g/mol. The summed E-state index contributed by atoms with van der Waals surface area (Å²) < 4.78 is 7.16. The van der Waals surface area contributed by atoms with Crippen LogP contribution in [0.4, 0.5) is 0 Å². The van der Waals surface area contributed by atoms with Gasteiger partial charge in [0, 0.05) is 37.6 Å². The second-order valence-electron chi connectivity index (χ2n) is 5.88. The van der Waals surface area contributed by atoms with Gasteiger partial charge in [-0.25, -0.2) is 0 Å². The number of aryl methyl sites for hydroxylation is 3. The highest BCUT2D eigenvalue weighted by molar-refractivity contribution is 5.81. The molecule has 0 unspecified atom stereocenters. The van der Waals surface area contributed by atoms with Crippen molar-refractivity contribution in [2.75, 3.05) is 6.54 Å². The van der Waals surface area contributed by atoms with Crippen LogP contribution in [0.3, 0.4) is 0 Å². The Morgan fingerprint density at radius 2 is 2.08 bits per heavy atom. The number of hydrogen-bond acceptors (Lipinski definition) is 4. The summed E-state index contributed by atoms with van der Waals surface area (Å²) in [6, 6.07) is 10.4. The van der Waals surface area contributed by atoms with E-state index in [2.05, 4.69) is 39.8 Å². The second-order valence-corrected chi connectivity index (χ2v) is 5.88. The lowest BCUT2D eigenvalue weighted by Crippen LogP contribution is -2.31. The third kappa shape index (κ3) is 3.32. The molecule has 24 heavy (non-hydrogen) atoms. The van der Waals surface area contributed by atoms with Crippen LogP contribution in [0.1, 0.15) is 30.8 Å². The standard InChI is InChI=1S/C18H22N4O2/c1-4-21(12-17-19-14(3)24-20-17)18(23)9-10-22-13(2)11-15-7-5-6-8-16(15)22/h5-8,11H,4,9-10,12H2,1-3H3. The topological polar surface area (TPSA) is 64.2 Å². The van der Waals surface area contributed by atoms with Gasteiger partial charge in [0.2, 0.25) is 11.8 Å². The molecule has 0 saturated heterocycles. The first-order valence-corrected chi connectivity index (χ1v) is 8.20. The number of amides is 1. The number of aromatic nitrogens is 3. The summed E-state index contributed by atoms with van der Waals surface area (Å²) in [5, 5.41) is 5.07. The van der Waals surface area contributed by atoms with E-state index < -0.39 is 0 Å². The smallest absolute Gasteiger partial charge is 0.224 e. The molecule has 0 N–H and O–H groups in total. The largest absolute Gasteiger partial charge is 0.344 e. The van der Waals surface area contributed by atoms with Crippen LogP contribution in [0.15, 0.2) is 34.9 Å². The fourth-order valence-corrected chi connectivity index (χ4v) is 2.96. The van der Waals surface area contributed by atoms with E-state index in [4.69, 9.17) is 4.52 Å². The second kappa shape index (κ2) is 6.86. The molecule has 0 aliphatic rings. The minimum absolute atomic E-state index is 0.0946. The molecular weight excluding hydrogens is 304 g/mol. The molecule has 0 bridgehead atoms. The Morgan fingerprint density at radius 3 is 2.79 bits per heavy atom. The summed E-state index contributed by atoms with van der Waals surface area (Å²) in [7, 11) is 0. The van der Waals surface area contributed by atoms with Crippen molar-refractivity contribution in [2.24, 2.45) is 0 Å². The minimum Gasteiger partial charge on any atom is -0.344 e. The lowest BCUT2D eigenvalue weighted by atomic mass is 10.2. The highest BCUT2D eigenvalue weighted by atomic mass is 16.5. The lowest BCUT2D eigenvalue weighted by molar-refractivity contribution is -0.131. The minimum atomic E-state index is 0.0946. The van der Waals surface area contributed by atoms with E-state index in [1.54, 1.807) is 11.8 Å². The van der Waals surface area contributed by atoms with Crippen LogP contribution in [0.2, 0.25) is 0 Å². The van der Waals surface area contributed by atoms with E-state index in [1.807, 2.05) is 19.1 Å². The zero-order valence-corrected chi connectivity index (χ0v) is 14.3. The molecule has 0 aliphatic heterocycles. The Bertz CT molecular complexity index is 850. The van der Waals surface area contributed by atoms with Crippen LogP contribution in [0.5, 0.6) is 0 Å². The Morgan fingerprint density at radius 1 is 1.29 bits per heavy atom. The zero-order valence-electron chi connectivity index (χ0n) is 14.3. The molecule has 2 aromatic heterocycles. The SMILES string of the molecule is CCN(Cc1noc(C)n1)C(=O)CCn1c(C)cc2ccccc21. The van der Waals surface area contributed by atoms with Crippen molar-refractivity contribution in [1.29, 1.82) is 0 Å². The average Bonchev–Trinajstić information content (AvgIpc) is 3.12. The normalized spacial score (nSPS) is 11.1. The van der Waals surface area contributed by atoms with Gasteiger partial charge in [-0.15, -0.1) is 0 Å². The van der Waals surface area contributed by atoms with Crippen molar-refractivity contribution < 1.29 is 9.32 Å². The molecule has 3 aromatic rings. The Balaban J connectivity index is 1.68. The van der Waals surface area contributed by atoms with E-state index in [9.17, 15) is 4.79 Å². The van der Waals surface area contributed by atoms with Crippen molar-refractivity contribution in [1.82, 2.24) is 19.6 Å². The predicted molar refractivity (Wildman–Crippen MR) is 91.4 cm³/mol. The van der Waals surface area contributed by atoms with Gasteiger partial charge in [-0.2, -0.15) is 4.98 Å². The number of nitrogens with zero attached hydrogens (tertiary/aromatic N) is 4. The van der Waals surface area contributed by atoms with Gasteiger partial charge in [0.05, 0.1) is 6.54 Å². The Kier molecular flexibility index (Phi) is 4.64. The molecule has 0 spiro atoms. The number of fused-ring (bicyclic) bond motifs is 1. The fourth-order valence-electron chi connectivity index (χ4n) is 2.96. The molecule has 6 heteroatoms. The first-order valence-electron chi connectivity index (χ1n) is 8.20. The fraction of sp³-hybridized carbons (Fsp3) is 0.389. The monoisotopic (exact) mass is 326 g/mol. The third-order valence-electron chi connectivity index (χ3n) is 4.20. The molecule has 2 heterocycles. The number of rotatable bonds is 6. The van der Waals surface area contributed by atoms with Crippen molar-refractivity contribution >= 4 is 16.8 Å². The van der Waals surface area contributed by atoms with Crippen LogP contribution in [0, 0.1) is 13.8 Å². The number of para-hydroxylation sites is 1. The number of benzene rings is 1. The van der Waals surface area contributed by atoms with Gasteiger partial charge < -0.3 is 14.0 Å². The molecule has 0 saturated carbocycles. The van der Waals surface area contributed by atoms with E-state index in [0.29, 0.717) is 37.8 Å². The first-order chi connectivity index (χ1) is 11.6. The predicted octanol–water partition coefficient (Wildman–Crippen LogP) is 3.08. The van der Waals surface area contributed by atoms with Gasteiger partial charge in [0.25, 0.3) is 0 Å². The van der Waals surface area contributed by atoms with Crippen LogP contribution in [0.25, 0.3) is 10.9 Å². The highest BCUT2D eigenvalue weighted by Gasteiger charge is 2.16. The summed E-state index contributed by atoms with van der Waals surface area (Å²) >= 11 is 0. The van der Waals surface area contributed by atoms with E-state index >= 15 is 0 Å². The molecular formula is C18H22N4O2. The van der Waals surface area contributed by atoms with E-state index in [-0.39, 0.29) is 5.91 Å². The number of carbonyl (C=O) groups excluding carboxylic acids is 1. The Hall–Kier alpha value is -2.63. The Labute approximate surface area is 141 Å². The van der Waals surface area contributed by atoms with Crippen molar-refractivity contribution in [3.63, 3.8) is 0 Å². The number of hydrogen-bond donors (Lipinski definition) is 0. The maximum Gasteiger partial charge on any atom is 0.224 e. The summed E-state index contributed by atoms with van der Waals surface area (Å²) in [6.07, 6.45) is 0.449. The van der Waals surface area contributed by atoms with Gasteiger partial charge in [-0.3, -0.25) is 4.79 Å². The highest BCUT2D eigenvalue weighted by Crippen LogP contribution is 2.19. The van der Waals surface area contributed by atoms with Gasteiger partial charge >= 0.3 is 0 Å². The van der Waals surface area contributed by atoms with Crippen LogP contribution < -0.4 is 0 Å². The molecule has 0 aliphatic carbocycles. The number of carbonyl (C=O) groups is 1. The molecule has 1 aromatic carbocycles. The van der Waals surface area contributed by atoms with Crippen LogP contribution in [-0.2, 0) is 17.9 Å². The summed E-state index contributed by atoms with van der Waals surface area (Å²) in [5.74, 6) is 1.16. The molecule has 1 amide bonds. The lowest BCUT2D eigenvalue weighted by Gasteiger charge is -2.19. The van der Waals surface area contributed by atoms with Crippen molar-refractivity contribution in [3.8, 4) is 0 Å². The maximum atomic E-state index is 12.6. The first kappa shape index (κ1) is 16.2. The van der Waals surface area contributed by atoms with Crippen LogP contribution >= 0.6 is 0 Å². The van der Waals surface area contributed by atoms with Crippen molar-refractivity contribution in [3.05, 3.63) is 47.7 Å². The van der Waals surface area contributed by atoms with Crippen LogP contribution in [-0.4, -0.2) is 32.1 Å². The summed E-state index contributed by atoms with van der Waals surface area (Å²) in [4.78, 5) is 18.5. The maximum absolute atomic E-state index is 12.6. The third-order valence-corrected chi connectivity index (χ3v) is 4.20. The molecule has 6 nitrogen and oxygen atoms in total. The quantitative estimate of drug-likeness (QED) is 0.698. The molecule has 0 radical (unpaired) electrons. The van der Waals surface area contributed by atoms with Gasteiger partial charge in [0.1, 0.15) is 0 Å². The van der Waals surface area contributed by atoms with Crippen molar-refractivity contribution in [2.45, 2.75) is 40.3 Å². The molecule has 0 atom stereocenters. The zero-order chi connectivity index (χ0) is 17.1. The van der Waals surface area contributed by atoms with Gasteiger partial charge in [-0.1, -0.05) is 23.4 Å². The van der Waals surface area contributed by atoms with Gasteiger partial charge in [0.15, 0.2) is 5.82 Å².